The number of nitrogens with zero attached hydrogens (tertiary/aromatic N) is 1. The minimum absolute atomic E-state index is 0.158. The Bertz CT molecular complexity index is 516. The lowest BCUT2D eigenvalue weighted by Gasteiger charge is -2.28. The van der Waals surface area contributed by atoms with Crippen LogP contribution in [0.4, 0.5) is 10.6 Å². The first-order chi connectivity index (χ1) is 10.6. The molecule has 2 atom stereocenters. The summed E-state index contributed by atoms with van der Waals surface area (Å²) in [6.45, 7) is 0.893. The molecule has 122 valence electrons. The number of pyridine rings is 1. The monoisotopic (exact) mass is 346 g/mol. The van der Waals surface area contributed by atoms with Crippen LogP contribution in [-0.4, -0.2) is 41.4 Å². The summed E-state index contributed by atoms with van der Waals surface area (Å²) >= 11 is 11.7. The Morgan fingerprint density at radius 1 is 1.32 bits per heavy atom. The van der Waals surface area contributed by atoms with Crippen LogP contribution < -0.4 is 16.0 Å². The van der Waals surface area contributed by atoms with Crippen molar-refractivity contribution in [1.29, 1.82) is 0 Å². The summed E-state index contributed by atoms with van der Waals surface area (Å²) in [5.74, 6) is 0.524. The lowest BCUT2D eigenvalue weighted by Crippen LogP contribution is -2.49. The van der Waals surface area contributed by atoms with Crippen molar-refractivity contribution in [3.63, 3.8) is 0 Å². The Labute approximate surface area is 139 Å². The van der Waals surface area contributed by atoms with Gasteiger partial charge in [0.05, 0.1) is 22.2 Å². The van der Waals surface area contributed by atoms with E-state index in [1.165, 1.54) is 6.20 Å². The molecule has 1 aromatic heterocycles. The standard InChI is InChI=1S/C14H20Cl2N4O2/c15-9-7-10(16)13(19-8-9)17-5-6-18-14(22)20-11-3-1-2-4-12(11)21/h7-8,11-12,21H,1-6H2,(H,17,19)(H2,18,20,22). The van der Waals surface area contributed by atoms with Crippen LogP contribution in [0.5, 0.6) is 0 Å². The van der Waals surface area contributed by atoms with Crippen molar-refractivity contribution in [1.82, 2.24) is 15.6 Å². The first-order valence-electron chi connectivity index (χ1n) is 7.33. The topological polar surface area (TPSA) is 86.3 Å². The zero-order valence-corrected chi connectivity index (χ0v) is 13.6. The summed E-state index contributed by atoms with van der Waals surface area (Å²) in [7, 11) is 0. The van der Waals surface area contributed by atoms with Gasteiger partial charge in [0.1, 0.15) is 5.82 Å². The summed E-state index contributed by atoms with van der Waals surface area (Å²) in [5.41, 5.74) is 0. The lowest BCUT2D eigenvalue weighted by atomic mass is 9.93. The summed E-state index contributed by atoms with van der Waals surface area (Å²) in [5, 5.41) is 19.3. The number of nitrogens with one attached hydrogen (secondary N) is 3. The molecule has 0 radical (unpaired) electrons. The van der Waals surface area contributed by atoms with E-state index in [1.807, 2.05) is 0 Å². The number of urea groups is 1. The second-order valence-electron chi connectivity index (χ2n) is 5.27. The van der Waals surface area contributed by atoms with E-state index >= 15 is 0 Å². The normalized spacial score (nSPS) is 21.2. The van der Waals surface area contributed by atoms with Crippen LogP contribution in [0.25, 0.3) is 0 Å². The maximum absolute atomic E-state index is 11.8. The molecule has 6 nitrogen and oxygen atoms in total. The van der Waals surface area contributed by atoms with Crippen LogP contribution in [0.2, 0.25) is 10.0 Å². The maximum atomic E-state index is 11.8. The molecule has 1 heterocycles. The molecule has 1 saturated carbocycles. The second kappa shape index (κ2) is 8.41. The van der Waals surface area contributed by atoms with Crippen LogP contribution in [0.1, 0.15) is 25.7 Å². The number of aliphatic hydroxyl groups excluding tert-OH is 1. The van der Waals surface area contributed by atoms with Crippen LogP contribution in [0.15, 0.2) is 12.3 Å². The van der Waals surface area contributed by atoms with Crippen molar-refractivity contribution in [2.75, 3.05) is 18.4 Å². The van der Waals surface area contributed by atoms with E-state index in [0.717, 1.165) is 25.7 Å². The Hall–Kier alpha value is -1.24. The number of hydrogen-bond donors (Lipinski definition) is 4. The van der Waals surface area contributed by atoms with E-state index in [-0.39, 0.29) is 12.1 Å². The third kappa shape index (κ3) is 5.19. The molecule has 1 aliphatic carbocycles. The predicted octanol–water partition coefficient (Wildman–Crippen LogP) is 2.40. The number of carbonyl (C=O) groups excluding carboxylic acids is 1. The number of hydrogen-bond acceptors (Lipinski definition) is 4. The van der Waals surface area contributed by atoms with Gasteiger partial charge >= 0.3 is 6.03 Å². The van der Waals surface area contributed by atoms with Gasteiger partial charge in [0.2, 0.25) is 0 Å². The van der Waals surface area contributed by atoms with Gasteiger partial charge in [-0.05, 0) is 18.9 Å². The van der Waals surface area contributed by atoms with Gasteiger partial charge in [-0.15, -0.1) is 0 Å². The van der Waals surface area contributed by atoms with Crippen molar-refractivity contribution in [3.8, 4) is 0 Å². The van der Waals surface area contributed by atoms with E-state index in [0.29, 0.717) is 29.0 Å². The van der Waals surface area contributed by atoms with E-state index in [4.69, 9.17) is 23.2 Å². The molecular weight excluding hydrogens is 327 g/mol. The third-order valence-electron chi connectivity index (χ3n) is 3.56. The highest BCUT2D eigenvalue weighted by atomic mass is 35.5. The lowest BCUT2D eigenvalue weighted by molar-refractivity contribution is 0.0944. The molecule has 0 aliphatic heterocycles. The maximum Gasteiger partial charge on any atom is 0.315 e. The van der Waals surface area contributed by atoms with Gasteiger partial charge in [0.15, 0.2) is 0 Å². The number of aliphatic hydroxyl groups is 1. The molecule has 1 fully saturated rings. The fraction of sp³-hybridized carbons (Fsp3) is 0.571. The SMILES string of the molecule is O=C(NCCNc1ncc(Cl)cc1Cl)NC1CCCCC1O. The molecule has 0 spiro atoms. The number of amides is 2. The third-order valence-corrected chi connectivity index (χ3v) is 4.05. The summed E-state index contributed by atoms with van der Waals surface area (Å²) in [6, 6.07) is 1.17. The molecular formula is C14H20Cl2N4O2. The van der Waals surface area contributed by atoms with Gasteiger partial charge in [-0.25, -0.2) is 9.78 Å². The minimum Gasteiger partial charge on any atom is -0.391 e. The number of aromatic nitrogens is 1. The van der Waals surface area contributed by atoms with E-state index in [9.17, 15) is 9.90 Å². The van der Waals surface area contributed by atoms with Gasteiger partial charge in [0, 0.05) is 19.3 Å². The van der Waals surface area contributed by atoms with Gasteiger partial charge in [-0.2, -0.15) is 0 Å². The average Bonchev–Trinajstić information content (AvgIpc) is 2.48. The van der Waals surface area contributed by atoms with Crippen LogP contribution in [0, 0.1) is 0 Å². The molecule has 2 unspecified atom stereocenters. The number of carbonyl (C=O) groups is 1. The molecule has 0 aromatic carbocycles. The van der Waals surface area contributed by atoms with E-state index in [2.05, 4.69) is 20.9 Å². The van der Waals surface area contributed by atoms with Crippen LogP contribution >= 0.6 is 23.2 Å². The average molecular weight is 347 g/mol. The number of anilines is 1. The smallest absolute Gasteiger partial charge is 0.315 e. The molecule has 2 rings (SSSR count). The molecule has 2 amide bonds. The molecule has 0 bridgehead atoms. The molecule has 8 heteroatoms. The first kappa shape index (κ1) is 17.1. The van der Waals surface area contributed by atoms with Crippen molar-refractivity contribution in [2.24, 2.45) is 0 Å². The van der Waals surface area contributed by atoms with Gasteiger partial charge in [0.25, 0.3) is 0 Å². The summed E-state index contributed by atoms with van der Waals surface area (Å²) in [6.07, 6.45) is 4.66. The fourth-order valence-corrected chi connectivity index (χ4v) is 2.85. The quantitative estimate of drug-likeness (QED) is 0.616. The first-order valence-corrected chi connectivity index (χ1v) is 8.09. The van der Waals surface area contributed by atoms with Gasteiger partial charge < -0.3 is 21.1 Å². The molecule has 0 saturated heterocycles. The predicted molar refractivity (Wildman–Crippen MR) is 87.5 cm³/mol. The highest BCUT2D eigenvalue weighted by molar-refractivity contribution is 6.35. The van der Waals surface area contributed by atoms with Crippen molar-refractivity contribution < 1.29 is 9.90 Å². The Morgan fingerprint density at radius 3 is 2.82 bits per heavy atom. The molecule has 4 N–H and O–H groups in total. The Balaban J connectivity index is 1.66. The number of rotatable bonds is 5. The minimum atomic E-state index is -0.449. The Morgan fingerprint density at radius 2 is 2.09 bits per heavy atom. The van der Waals surface area contributed by atoms with Crippen molar-refractivity contribution in [3.05, 3.63) is 22.3 Å². The summed E-state index contributed by atoms with van der Waals surface area (Å²) in [4.78, 5) is 15.8. The highest BCUT2D eigenvalue weighted by Gasteiger charge is 2.24. The molecule has 1 aliphatic rings. The second-order valence-corrected chi connectivity index (χ2v) is 6.11. The van der Waals surface area contributed by atoms with Gasteiger partial charge in [-0.1, -0.05) is 36.0 Å². The summed E-state index contributed by atoms with van der Waals surface area (Å²) < 4.78 is 0. The number of halogens is 2. The van der Waals surface area contributed by atoms with Crippen molar-refractivity contribution >= 4 is 35.1 Å². The highest BCUT2D eigenvalue weighted by Crippen LogP contribution is 2.22. The zero-order valence-electron chi connectivity index (χ0n) is 12.1. The van der Waals surface area contributed by atoms with E-state index in [1.54, 1.807) is 6.07 Å². The van der Waals surface area contributed by atoms with E-state index < -0.39 is 6.10 Å². The molecule has 1 aromatic rings. The van der Waals surface area contributed by atoms with Crippen molar-refractivity contribution in [2.45, 2.75) is 37.8 Å². The molecule has 22 heavy (non-hydrogen) atoms. The largest absolute Gasteiger partial charge is 0.391 e. The van der Waals surface area contributed by atoms with Gasteiger partial charge in [-0.3, -0.25) is 0 Å². The zero-order chi connectivity index (χ0) is 15.9. The Kier molecular flexibility index (Phi) is 6.54. The van der Waals surface area contributed by atoms with Crippen LogP contribution in [-0.2, 0) is 0 Å². The van der Waals surface area contributed by atoms with Crippen LogP contribution in [0.3, 0.4) is 0 Å². The fourth-order valence-electron chi connectivity index (χ4n) is 2.40.